The van der Waals surface area contributed by atoms with Crippen LogP contribution in [0.2, 0.25) is 0 Å². The quantitative estimate of drug-likeness (QED) is 0.621. The highest BCUT2D eigenvalue weighted by Gasteiger charge is 2.03. The van der Waals surface area contributed by atoms with Gasteiger partial charge in [-0.05, 0) is 30.7 Å². The van der Waals surface area contributed by atoms with Gasteiger partial charge in [-0.25, -0.2) is 9.18 Å². The normalized spacial score (nSPS) is 10.2. The molecule has 0 saturated heterocycles. The van der Waals surface area contributed by atoms with Gasteiger partial charge in [-0.15, -0.1) is 0 Å². The molecular formula is C13H12FNO3. The topological polar surface area (TPSA) is 70.3 Å². The van der Waals surface area contributed by atoms with Crippen LogP contribution in [0.1, 0.15) is 18.4 Å². The van der Waals surface area contributed by atoms with Crippen LogP contribution >= 0.6 is 0 Å². The second-order valence-electron chi connectivity index (χ2n) is 3.46. The summed E-state index contributed by atoms with van der Waals surface area (Å²) in [6, 6.07) is 5.85. The molecule has 0 aliphatic carbocycles. The summed E-state index contributed by atoms with van der Waals surface area (Å²) >= 11 is 0. The van der Waals surface area contributed by atoms with E-state index in [4.69, 9.17) is 15.1 Å². The van der Waals surface area contributed by atoms with Gasteiger partial charge in [-0.2, -0.15) is 5.26 Å². The maximum Gasteiger partial charge on any atom is 0.328 e. The molecule has 0 saturated carbocycles. The minimum atomic E-state index is -1.12. The van der Waals surface area contributed by atoms with Crippen molar-refractivity contribution in [2.75, 3.05) is 6.61 Å². The zero-order valence-corrected chi connectivity index (χ0v) is 9.60. The molecule has 0 spiro atoms. The number of unbranched alkanes of at least 4 members (excludes halogenated alkanes) is 1. The molecule has 0 aliphatic rings. The Hall–Kier alpha value is -2.35. The Balaban J connectivity index is 2.77. The van der Waals surface area contributed by atoms with Crippen molar-refractivity contribution < 1.29 is 19.0 Å². The summed E-state index contributed by atoms with van der Waals surface area (Å²) in [4.78, 5) is 10.4. The van der Waals surface area contributed by atoms with Crippen LogP contribution in [0.3, 0.4) is 0 Å². The molecule has 1 aromatic rings. The maximum atomic E-state index is 13.0. The Labute approximate surface area is 104 Å². The van der Waals surface area contributed by atoms with Gasteiger partial charge in [0.2, 0.25) is 0 Å². The summed E-state index contributed by atoms with van der Waals surface area (Å²) in [7, 11) is 0. The molecule has 1 aromatic carbocycles. The van der Waals surface area contributed by atoms with E-state index in [1.165, 1.54) is 24.3 Å². The number of carboxylic acid groups (broad SMARTS) is 1. The third-order valence-electron chi connectivity index (χ3n) is 2.07. The molecule has 0 atom stereocenters. The fourth-order valence-electron chi connectivity index (χ4n) is 1.28. The molecule has 0 bridgehead atoms. The van der Waals surface area contributed by atoms with Gasteiger partial charge in [0, 0.05) is 18.1 Å². The van der Waals surface area contributed by atoms with Gasteiger partial charge in [0.05, 0.1) is 12.7 Å². The molecule has 4 nitrogen and oxygen atoms in total. The van der Waals surface area contributed by atoms with Crippen LogP contribution in [0.15, 0.2) is 24.3 Å². The van der Waals surface area contributed by atoms with Gasteiger partial charge in [0.15, 0.2) is 0 Å². The fraction of sp³-hybridized carbons (Fsp3) is 0.231. The van der Waals surface area contributed by atoms with Crippen molar-refractivity contribution in [2.24, 2.45) is 0 Å². The van der Waals surface area contributed by atoms with Crippen molar-refractivity contribution in [3.8, 4) is 11.8 Å². The van der Waals surface area contributed by atoms with E-state index in [9.17, 15) is 9.18 Å². The van der Waals surface area contributed by atoms with Crippen LogP contribution < -0.4 is 4.74 Å². The summed E-state index contributed by atoms with van der Waals surface area (Å²) in [6.07, 6.45) is 3.12. The van der Waals surface area contributed by atoms with E-state index in [2.05, 4.69) is 0 Å². The Morgan fingerprint density at radius 2 is 2.33 bits per heavy atom. The number of carbonyl (C=O) groups is 1. The van der Waals surface area contributed by atoms with Crippen LogP contribution in [0.5, 0.6) is 5.75 Å². The highest BCUT2D eigenvalue weighted by Crippen LogP contribution is 2.21. The lowest BCUT2D eigenvalue weighted by Crippen LogP contribution is -1.99. The van der Waals surface area contributed by atoms with Crippen molar-refractivity contribution in [3.05, 3.63) is 35.7 Å². The summed E-state index contributed by atoms with van der Waals surface area (Å²) in [5.41, 5.74) is 0.356. The van der Waals surface area contributed by atoms with Crippen LogP contribution in [0, 0.1) is 17.1 Å². The number of benzene rings is 1. The number of nitriles is 1. The number of ether oxygens (including phenoxy) is 1. The number of nitrogens with zero attached hydrogens (tertiary/aromatic N) is 1. The van der Waals surface area contributed by atoms with E-state index < -0.39 is 11.8 Å². The minimum Gasteiger partial charge on any atom is -0.493 e. The van der Waals surface area contributed by atoms with Crippen molar-refractivity contribution in [1.82, 2.24) is 0 Å². The molecule has 0 amide bonds. The average molecular weight is 249 g/mol. The predicted octanol–water partition coefficient (Wildman–Crippen LogP) is 2.61. The first-order valence-electron chi connectivity index (χ1n) is 5.34. The first-order chi connectivity index (χ1) is 8.63. The first kappa shape index (κ1) is 13.7. The molecule has 0 fully saturated rings. The van der Waals surface area contributed by atoms with Crippen molar-refractivity contribution in [1.29, 1.82) is 5.26 Å². The molecule has 5 heteroatoms. The van der Waals surface area contributed by atoms with Gasteiger partial charge >= 0.3 is 5.97 Å². The number of aliphatic carboxylic acids is 1. The Morgan fingerprint density at radius 3 is 3.00 bits per heavy atom. The van der Waals surface area contributed by atoms with Gasteiger partial charge in [0.1, 0.15) is 11.6 Å². The number of hydrogen-bond acceptors (Lipinski definition) is 3. The number of rotatable bonds is 6. The second kappa shape index (κ2) is 7.07. The maximum absolute atomic E-state index is 13.0. The van der Waals surface area contributed by atoms with Crippen LogP contribution in [0.25, 0.3) is 6.08 Å². The second-order valence-corrected chi connectivity index (χ2v) is 3.46. The summed E-state index contributed by atoms with van der Waals surface area (Å²) in [6.45, 7) is 0.326. The minimum absolute atomic E-state index is 0.326. The van der Waals surface area contributed by atoms with Gasteiger partial charge in [0.25, 0.3) is 0 Å². The van der Waals surface area contributed by atoms with Crippen LogP contribution in [0.4, 0.5) is 4.39 Å². The monoisotopic (exact) mass is 249 g/mol. The molecule has 18 heavy (non-hydrogen) atoms. The van der Waals surface area contributed by atoms with Crippen LogP contribution in [-0.4, -0.2) is 17.7 Å². The van der Waals surface area contributed by atoms with Gasteiger partial charge in [-0.3, -0.25) is 0 Å². The molecular weight excluding hydrogens is 237 g/mol. The lowest BCUT2D eigenvalue weighted by molar-refractivity contribution is -0.131. The number of carboxylic acids is 1. The van der Waals surface area contributed by atoms with E-state index in [1.807, 2.05) is 6.07 Å². The highest BCUT2D eigenvalue weighted by molar-refractivity contribution is 5.85. The molecule has 1 N–H and O–H groups in total. The Bertz CT molecular complexity index is 491. The highest BCUT2D eigenvalue weighted by atomic mass is 19.1. The van der Waals surface area contributed by atoms with E-state index >= 15 is 0 Å². The standard InChI is InChI=1S/C13H12FNO3/c14-11-4-5-12(18-8-2-1-7-15)10(9-11)3-6-13(16)17/h3-6,9H,1-2,8H2,(H,16,17)/b6-3+. The fourth-order valence-corrected chi connectivity index (χ4v) is 1.28. The third kappa shape index (κ3) is 4.66. The molecule has 0 unspecified atom stereocenters. The molecule has 1 rings (SSSR count). The SMILES string of the molecule is N#CCCCOc1ccc(F)cc1/C=C/C(=O)O. The number of halogens is 1. The average Bonchev–Trinajstić information content (AvgIpc) is 2.34. The van der Waals surface area contributed by atoms with E-state index in [1.54, 1.807) is 0 Å². The summed E-state index contributed by atoms with van der Waals surface area (Å²) in [5.74, 6) is -1.19. The van der Waals surface area contributed by atoms with E-state index in [-0.39, 0.29) is 0 Å². The molecule has 0 aromatic heterocycles. The zero-order valence-electron chi connectivity index (χ0n) is 9.60. The first-order valence-corrected chi connectivity index (χ1v) is 5.34. The summed E-state index contributed by atoms with van der Waals surface area (Å²) in [5, 5.41) is 16.9. The third-order valence-corrected chi connectivity index (χ3v) is 2.07. The lowest BCUT2D eigenvalue weighted by Gasteiger charge is -2.08. The molecule has 0 aliphatic heterocycles. The Kier molecular flexibility index (Phi) is 5.39. The summed E-state index contributed by atoms with van der Waals surface area (Å²) < 4.78 is 18.4. The van der Waals surface area contributed by atoms with E-state index in [0.717, 1.165) is 6.08 Å². The molecule has 0 heterocycles. The molecule has 94 valence electrons. The number of hydrogen-bond donors (Lipinski definition) is 1. The Morgan fingerprint density at radius 1 is 1.56 bits per heavy atom. The van der Waals surface area contributed by atoms with Gasteiger partial charge in [-0.1, -0.05) is 0 Å². The van der Waals surface area contributed by atoms with Crippen molar-refractivity contribution in [2.45, 2.75) is 12.8 Å². The van der Waals surface area contributed by atoms with Crippen LogP contribution in [-0.2, 0) is 4.79 Å². The predicted molar refractivity (Wildman–Crippen MR) is 63.4 cm³/mol. The van der Waals surface area contributed by atoms with Crippen molar-refractivity contribution >= 4 is 12.0 Å². The lowest BCUT2D eigenvalue weighted by atomic mass is 10.2. The largest absolute Gasteiger partial charge is 0.493 e. The van der Waals surface area contributed by atoms with E-state index in [0.29, 0.717) is 30.8 Å². The zero-order chi connectivity index (χ0) is 13.4. The smallest absolute Gasteiger partial charge is 0.328 e. The van der Waals surface area contributed by atoms with Gasteiger partial charge < -0.3 is 9.84 Å². The molecule has 0 radical (unpaired) electrons. The van der Waals surface area contributed by atoms with Crippen molar-refractivity contribution in [3.63, 3.8) is 0 Å².